The van der Waals surface area contributed by atoms with Crippen molar-refractivity contribution >= 4 is 72.4 Å². The first kappa shape index (κ1) is 32.1. The van der Waals surface area contributed by atoms with Gasteiger partial charge in [-0.25, -0.2) is 19.9 Å². The average molecular weight is 719 g/mol. The molecule has 248 valence electrons. The molecule has 2 bridgehead atoms. The molecule has 0 saturated carbocycles. The van der Waals surface area contributed by atoms with Gasteiger partial charge in [0.05, 0.1) is 25.9 Å². The fourth-order valence-corrected chi connectivity index (χ4v) is 8.45. The highest BCUT2D eigenvalue weighted by atomic mass is 32.7. The van der Waals surface area contributed by atoms with Crippen LogP contribution in [0.4, 0.5) is 11.8 Å². The van der Waals surface area contributed by atoms with Crippen LogP contribution in [0.3, 0.4) is 0 Å². The summed E-state index contributed by atoms with van der Waals surface area (Å²) in [5.41, 5.74) is 12.1. The van der Waals surface area contributed by atoms with Crippen LogP contribution < -0.4 is 17.0 Å². The number of fused-ring (bicyclic) bond motifs is 5. The predicted octanol–water partition coefficient (Wildman–Crippen LogP) is 0.139. The maximum atomic E-state index is 12.4. The number of aromatic nitrogens is 8. The number of imidazole rings is 2. The summed E-state index contributed by atoms with van der Waals surface area (Å²) in [6.07, 6.45) is -2.85. The lowest BCUT2D eigenvalue weighted by atomic mass is 10.1. The Morgan fingerprint density at radius 3 is 2.50 bits per heavy atom. The van der Waals surface area contributed by atoms with Gasteiger partial charge in [-0.15, -0.1) is 0 Å². The van der Waals surface area contributed by atoms with Gasteiger partial charge in [0.2, 0.25) is 13.5 Å². The first-order valence-corrected chi connectivity index (χ1v) is 18.5. The van der Waals surface area contributed by atoms with Crippen molar-refractivity contribution in [3.05, 3.63) is 29.3 Å². The van der Waals surface area contributed by atoms with Crippen LogP contribution in [0.5, 0.6) is 0 Å². The Morgan fingerprint density at radius 1 is 1.02 bits per heavy atom. The highest BCUT2D eigenvalue weighted by Crippen LogP contribution is 2.54. The van der Waals surface area contributed by atoms with Gasteiger partial charge in [-0.2, -0.15) is 4.98 Å². The van der Waals surface area contributed by atoms with Crippen molar-refractivity contribution in [2.24, 2.45) is 0 Å². The van der Waals surface area contributed by atoms with Gasteiger partial charge in [0, 0.05) is 14.2 Å². The van der Waals surface area contributed by atoms with Crippen molar-refractivity contribution in [3.8, 4) is 0 Å². The Morgan fingerprint density at radius 2 is 1.74 bits per heavy atom. The van der Waals surface area contributed by atoms with E-state index in [1.54, 1.807) is 4.57 Å². The van der Waals surface area contributed by atoms with Crippen LogP contribution in [0.2, 0.25) is 0 Å². The molecule has 3 fully saturated rings. The minimum atomic E-state index is -4.05. The van der Waals surface area contributed by atoms with Crippen molar-refractivity contribution in [3.63, 3.8) is 0 Å². The minimum Gasteiger partial charge on any atom is -0.382 e. The van der Waals surface area contributed by atoms with Crippen LogP contribution in [-0.2, 0) is 48.8 Å². The molecule has 46 heavy (non-hydrogen) atoms. The second-order valence-corrected chi connectivity index (χ2v) is 15.0. The Bertz CT molecular complexity index is 1860. The molecule has 7 heterocycles. The van der Waals surface area contributed by atoms with Gasteiger partial charge < -0.3 is 48.9 Å². The molecule has 0 spiro atoms. The fraction of sp³-hybridized carbons (Fsp3) is 0.545. The maximum Gasteiger partial charge on any atom is 0.325 e. The Hall–Kier alpha value is -2.43. The second-order valence-electron chi connectivity index (χ2n) is 10.3. The summed E-state index contributed by atoms with van der Waals surface area (Å²) in [4.78, 5) is 47.1. The second kappa shape index (κ2) is 12.5. The van der Waals surface area contributed by atoms with Crippen molar-refractivity contribution < 1.29 is 41.9 Å². The number of rotatable bonds is 4. The molecule has 3 saturated heterocycles. The molecular formula is C22H28N10O10P2S2. The van der Waals surface area contributed by atoms with E-state index in [0.717, 1.165) is 0 Å². The van der Waals surface area contributed by atoms with Crippen LogP contribution in [0.1, 0.15) is 12.5 Å². The molecule has 0 aromatic carbocycles. The zero-order valence-corrected chi connectivity index (χ0v) is 27.4. The van der Waals surface area contributed by atoms with Gasteiger partial charge in [-0.1, -0.05) is 12.2 Å². The van der Waals surface area contributed by atoms with Crippen molar-refractivity contribution in [1.29, 1.82) is 0 Å². The van der Waals surface area contributed by atoms with E-state index < -0.39 is 68.9 Å². The molecular weight excluding hydrogens is 690 g/mol. The third-order valence-corrected chi connectivity index (χ3v) is 10.7. The van der Waals surface area contributed by atoms with Crippen LogP contribution in [0.15, 0.2) is 23.8 Å². The molecule has 24 heteroatoms. The Balaban J connectivity index is 1.21. The zero-order chi connectivity index (χ0) is 32.3. The van der Waals surface area contributed by atoms with Gasteiger partial charge in [-0.3, -0.25) is 23.4 Å². The third kappa shape index (κ3) is 5.70. The van der Waals surface area contributed by atoms with E-state index in [4.69, 9.17) is 60.3 Å². The molecule has 0 aliphatic carbocycles. The summed E-state index contributed by atoms with van der Waals surface area (Å²) in [5.74, 6) is 0.0643. The monoisotopic (exact) mass is 718 g/mol. The summed E-state index contributed by atoms with van der Waals surface area (Å²) in [6.45, 7) is -4.41. The number of nitrogens with two attached hydrogens (primary N) is 2. The number of hydrogen-bond donors (Lipinski definition) is 5. The van der Waals surface area contributed by atoms with Crippen molar-refractivity contribution in [2.45, 2.75) is 49.1 Å². The molecule has 9 unspecified atom stereocenters. The number of methoxy groups -OCH3 is 2. The quantitative estimate of drug-likeness (QED) is 0.139. The number of ether oxygens (including phenoxy) is 4. The minimum absolute atomic E-state index is 0.0121. The van der Waals surface area contributed by atoms with Gasteiger partial charge in [0.25, 0.3) is 5.56 Å². The third-order valence-electron chi connectivity index (χ3n) is 7.72. The van der Waals surface area contributed by atoms with Crippen LogP contribution in [0.25, 0.3) is 22.3 Å². The normalized spacial score (nSPS) is 35.5. The highest BCUT2D eigenvalue weighted by molar-refractivity contribution is 8.41. The van der Waals surface area contributed by atoms with E-state index in [-0.39, 0.29) is 36.1 Å². The molecule has 0 amide bonds. The lowest BCUT2D eigenvalue weighted by molar-refractivity contribution is -0.0611. The average Bonchev–Trinajstić information content (AvgIpc) is 3.78. The Kier molecular flexibility index (Phi) is 8.76. The fourth-order valence-electron chi connectivity index (χ4n) is 5.72. The largest absolute Gasteiger partial charge is 0.382 e. The first-order valence-electron chi connectivity index (χ1n) is 13.5. The van der Waals surface area contributed by atoms with Crippen LogP contribution >= 0.6 is 26.5 Å². The molecule has 7 rings (SSSR count). The smallest absolute Gasteiger partial charge is 0.325 e. The number of thiol groups is 1. The lowest BCUT2D eigenvalue weighted by Gasteiger charge is -2.28. The van der Waals surface area contributed by atoms with E-state index in [0.29, 0.717) is 11.2 Å². The summed E-state index contributed by atoms with van der Waals surface area (Å²) in [7, 11) is 1.06. The summed E-state index contributed by atoms with van der Waals surface area (Å²) >= 11 is 10.0. The molecule has 3 aliphatic heterocycles. The molecule has 20 nitrogen and oxygen atoms in total. The van der Waals surface area contributed by atoms with E-state index in [1.165, 1.54) is 37.8 Å². The number of aromatic amines is 1. The SMILES string of the molecule is COC1C2CO[P@](S)OC3C(COP(O)(=S)OC1C(n1cnc4c(=O)[nH]c(N)nc41)O2)OC(n1cnc2c(N)ncnc21)C3OC. The number of anilines is 2. The molecule has 3 aliphatic rings. The van der Waals surface area contributed by atoms with Crippen LogP contribution in [0, 0.1) is 0 Å². The van der Waals surface area contributed by atoms with E-state index >= 15 is 0 Å². The van der Waals surface area contributed by atoms with Gasteiger partial charge in [-0.05, 0) is 11.8 Å². The van der Waals surface area contributed by atoms with Gasteiger partial charge >= 0.3 is 6.72 Å². The van der Waals surface area contributed by atoms with E-state index in [2.05, 4.69) is 42.2 Å². The number of nitrogen functional groups attached to an aromatic ring is 2. The van der Waals surface area contributed by atoms with Gasteiger partial charge in [0.1, 0.15) is 48.5 Å². The lowest BCUT2D eigenvalue weighted by Crippen LogP contribution is -2.37. The molecule has 4 aromatic rings. The van der Waals surface area contributed by atoms with Crippen molar-refractivity contribution in [1.82, 2.24) is 39.0 Å². The first-order chi connectivity index (χ1) is 22.1. The summed E-state index contributed by atoms with van der Waals surface area (Å²) in [6, 6.07) is 0. The molecule has 6 N–H and O–H groups in total. The zero-order valence-electron chi connectivity index (χ0n) is 23.9. The molecule has 4 aromatic heterocycles. The number of hydrogen-bond acceptors (Lipinski definition) is 18. The molecule has 0 radical (unpaired) electrons. The summed E-state index contributed by atoms with van der Waals surface area (Å²) < 4.78 is 51.4. The topological polar surface area (TPSA) is 253 Å². The maximum absolute atomic E-state index is 12.4. The summed E-state index contributed by atoms with van der Waals surface area (Å²) in [5, 5.41) is 0. The Labute approximate surface area is 270 Å². The van der Waals surface area contributed by atoms with E-state index in [1.807, 2.05) is 0 Å². The number of nitrogens with zero attached hydrogens (tertiary/aromatic N) is 7. The van der Waals surface area contributed by atoms with Gasteiger partial charge in [0.15, 0.2) is 35.1 Å². The predicted molar refractivity (Wildman–Crippen MR) is 166 cm³/mol. The highest BCUT2D eigenvalue weighted by Gasteiger charge is 2.53. The molecule has 10 atom stereocenters. The standard InChI is InChI=1S/C22H28N10O10P2S2/c1-35-12-8-3-37-43(45)41-13-9(40-20(14(13)36-2)31-6-27-10-16(23)25-5-26-17(10)31)4-38-44(34,46)42-15(12)21(39-8)32-7-28-11-18(32)29-22(24)30-19(11)33/h5-9,12-15,20-21,45H,3-4H2,1-2H3,(H,34,46)(H2,23,25,26)(H3,24,29,30,33)/t8?,9?,12?,13?,14?,15?,20?,21?,43-,44?/m0/s1. The number of nitrogens with one attached hydrogen (secondary N) is 1. The number of H-pyrrole nitrogens is 1. The van der Waals surface area contributed by atoms with Crippen molar-refractivity contribution in [2.75, 3.05) is 38.9 Å². The van der Waals surface area contributed by atoms with E-state index in [9.17, 15) is 9.69 Å². The van der Waals surface area contributed by atoms with Crippen LogP contribution in [-0.4, -0.2) is 108 Å².